The molecule has 23 heavy (non-hydrogen) atoms. The zero-order valence-electron chi connectivity index (χ0n) is 13.6. The van der Waals surface area contributed by atoms with E-state index in [1.54, 1.807) is 0 Å². The molecule has 5 nitrogen and oxygen atoms in total. The average molecular weight is 317 g/mol. The number of carbonyl (C=O) groups excluding carboxylic acids is 1. The zero-order valence-corrected chi connectivity index (χ0v) is 13.6. The van der Waals surface area contributed by atoms with E-state index in [0.717, 1.165) is 12.0 Å². The van der Waals surface area contributed by atoms with Gasteiger partial charge in [0, 0.05) is 6.42 Å². The van der Waals surface area contributed by atoms with Crippen LogP contribution in [0, 0.1) is 0 Å². The third kappa shape index (κ3) is 2.77. The van der Waals surface area contributed by atoms with E-state index >= 15 is 0 Å². The summed E-state index contributed by atoms with van der Waals surface area (Å²) in [5, 5.41) is 0. The maximum absolute atomic E-state index is 12.2. The van der Waals surface area contributed by atoms with Gasteiger partial charge in [-0.1, -0.05) is 30.3 Å². The van der Waals surface area contributed by atoms with Gasteiger partial charge < -0.3 is 19.1 Å². The van der Waals surface area contributed by atoms with E-state index in [2.05, 4.69) is 12.1 Å². The first-order valence-electron chi connectivity index (χ1n) is 8.34. The van der Waals surface area contributed by atoms with Gasteiger partial charge in [-0.2, -0.15) is 0 Å². The molecule has 124 valence electrons. The van der Waals surface area contributed by atoms with Crippen molar-refractivity contribution in [3.63, 3.8) is 0 Å². The molecule has 0 N–H and O–H groups in total. The molecule has 3 fully saturated rings. The Morgan fingerprint density at radius 3 is 2.83 bits per heavy atom. The van der Waals surface area contributed by atoms with Gasteiger partial charge in [0.15, 0.2) is 5.79 Å². The van der Waals surface area contributed by atoms with E-state index in [1.807, 2.05) is 36.9 Å². The molecule has 3 aliphatic heterocycles. The molecule has 0 saturated carbocycles. The van der Waals surface area contributed by atoms with Gasteiger partial charge in [-0.05, 0) is 25.8 Å². The second-order valence-electron chi connectivity index (χ2n) is 7.05. The van der Waals surface area contributed by atoms with Crippen LogP contribution in [0.5, 0.6) is 0 Å². The van der Waals surface area contributed by atoms with Crippen LogP contribution in [0.1, 0.15) is 32.3 Å². The van der Waals surface area contributed by atoms with Crippen molar-refractivity contribution in [2.75, 3.05) is 6.54 Å². The van der Waals surface area contributed by atoms with Crippen LogP contribution in [0.15, 0.2) is 30.3 Å². The number of piperidine rings is 1. The molecule has 0 aliphatic carbocycles. The predicted molar refractivity (Wildman–Crippen MR) is 83.6 cm³/mol. The standard InChI is InChI=1S/C18H23NO4/c1-18(2)22-14-10-19-15(20)9-8-13(16(19)17(14)23-18)21-11-12-6-4-3-5-7-12/h3-7,13-14,16-17H,8-11H2,1-2H3/t13-,14-,16-,17-/m1/s1. The van der Waals surface area contributed by atoms with Gasteiger partial charge in [-0.15, -0.1) is 0 Å². The van der Waals surface area contributed by atoms with E-state index in [1.165, 1.54) is 0 Å². The van der Waals surface area contributed by atoms with E-state index < -0.39 is 5.79 Å². The van der Waals surface area contributed by atoms with E-state index in [-0.39, 0.29) is 30.3 Å². The fraction of sp³-hybridized carbons (Fsp3) is 0.611. The van der Waals surface area contributed by atoms with Crippen LogP contribution in [0.4, 0.5) is 0 Å². The molecule has 0 unspecified atom stereocenters. The van der Waals surface area contributed by atoms with Gasteiger partial charge >= 0.3 is 0 Å². The van der Waals surface area contributed by atoms with Crippen molar-refractivity contribution < 1.29 is 19.0 Å². The summed E-state index contributed by atoms with van der Waals surface area (Å²) in [4.78, 5) is 14.2. The van der Waals surface area contributed by atoms with Crippen LogP contribution in [0.2, 0.25) is 0 Å². The van der Waals surface area contributed by atoms with Crippen LogP contribution >= 0.6 is 0 Å². The molecular weight excluding hydrogens is 294 g/mol. The summed E-state index contributed by atoms with van der Waals surface area (Å²) >= 11 is 0. The molecule has 0 aromatic heterocycles. The van der Waals surface area contributed by atoms with Crippen molar-refractivity contribution in [1.82, 2.24) is 4.90 Å². The van der Waals surface area contributed by atoms with Crippen molar-refractivity contribution in [2.45, 2.75) is 63.4 Å². The van der Waals surface area contributed by atoms with Gasteiger partial charge in [0.2, 0.25) is 5.91 Å². The minimum atomic E-state index is -0.577. The van der Waals surface area contributed by atoms with E-state index in [4.69, 9.17) is 14.2 Å². The lowest BCUT2D eigenvalue weighted by molar-refractivity contribution is -0.180. The number of nitrogens with zero attached hydrogens (tertiary/aromatic N) is 1. The molecule has 3 saturated heterocycles. The second-order valence-corrected chi connectivity index (χ2v) is 7.05. The summed E-state index contributed by atoms with van der Waals surface area (Å²) in [5.74, 6) is -0.389. The lowest BCUT2D eigenvalue weighted by atomic mass is 9.96. The highest BCUT2D eigenvalue weighted by Crippen LogP contribution is 2.41. The molecular formula is C18H23NO4. The predicted octanol–water partition coefficient (Wildman–Crippen LogP) is 2.10. The lowest BCUT2D eigenvalue weighted by Gasteiger charge is -2.38. The summed E-state index contributed by atoms with van der Waals surface area (Å²) in [6, 6.07) is 10.1. The highest BCUT2D eigenvalue weighted by Gasteiger charge is 2.57. The third-order valence-electron chi connectivity index (χ3n) is 4.95. The minimum Gasteiger partial charge on any atom is -0.371 e. The largest absolute Gasteiger partial charge is 0.371 e. The number of hydrogen-bond acceptors (Lipinski definition) is 4. The SMILES string of the molecule is CC1(C)O[C@H]2[C@H]3[C@H](OCc4ccccc4)CCC(=O)N3C[C@H]2O1. The Balaban J connectivity index is 1.50. The lowest BCUT2D eigenvalue weighted by Crippen LogP contribution is -2.53. The first-order chi connectivity index (χ1) is 11.0. The number of fused-ring (bicyclic) bond motifs is 3. The number of rotatable bonds is 3. The summed E-state index contributed by atoms with van der Waals surface area (Å²) in [6.07, 6.45) is 1.16. The molecule has 3 aliphatic rings. The Bertz CT molecular complexity index is 588. The Labute approximate surface area is 136 Å². The van der Waals surface area contributed by atoms with Crippen LogP contribution in [-0.4, -0.2) is 47.5 Å². The summed E-state index contributed by atoms with van der Waals surface area (Å²) in [6.45, 7) is 5.04. The molecule has 5 heteroatoms. The molecule has 3 heterocycles. The molecule has 1 amide bonds. The monoisotopic (exact) mass is 317 g/mol. The molecule has 0 bridgehead atoms. The van der Waals surface area contributed by atoms with Gasteiger partial charge in [-0.25, -0.2) is 0 Å². The first kappa shape index (κ1) is 15.1. The number of benzene rings is 1. The summed E-state index contributed by atoms with van der Waals surface area (Å²) in [5.41, 5.74) is 1.15. The number of amides is 1. The van der Waals surface area contributed by atoms with Gasteiger partial charge in [0.25, 0.3) is 0 Å². The van der Waals surface area contributed by atoms with Crippen LogP contribution < -0.4 is 0 Å². The Kier molecular flexibility index (Phi) is 3.67. The maximum Gasteiger partial charge on any atom is 0.223 e. The van der Waals surface area contributed by atoms with Gasteiger partial charge in [0.1, 0.15) is 12.2 Å². The Hall–Kier alpha value is -1.43. The number of ether oxygens (including phenoxy) is 3. The van der Waals surface area contributed by atoms with Crippen molar-refractivity contribution >= 4 is 5.91 Å². The highest BCUT2D eigenvalue weighted by atomic mass is 16.8. The Morgan fingerprint density at radius 1 is 1.26 bits per heavy atom. The van der Waals surface area contributed by atoms with Crippen molar-refractivity contribution in [2.24, 2.45) is 0 Å². The highest BCUT2D eigenvalue weighted by molar-refractivity contribution is 5.78. The zero-order chi connectivity index (χ0) is 16.0. The van der Waals surface area contributed by atoms with Gasteiger partial charge in [-0.3, -0.25) is 4.79 Å². The second kappa shape index (κ2) is 5.58. The molecule has 1 aromatic carbocycles. The molecule has 1 aromatic rings. The first-order valence-corrected chi connectivity index (χ1v) is 8.34. The maximum atomic E-state index is 12.2. The smallest absolute Gasteiger partial charge is 0.223 e. The van der Waals surface area contributed by atoms with Crippen LogP contribution in [-0.2, 0) is 25.6 Å². The molecule has 0 spiro atoms. The minimum absolute atomic E-state index is 0.000376. The van der Waals surface area contributed by atoms with Crippen LogP contribution in [0.3, 0.4) is 0 Å². The third-order valence-corrected chi connectivity index (χ3v) is 4.95. The van der Waals surface area contributed by atoms with Crippen molar-refractivity contribution in [3.05, 3.63) is 35.9 Å². The summed E-state index contributed by atoms with van der Waals surface area (Å²) in [7, 11) is 0. The fourth-order valence-corrected chi connectivity index (χ4v) is 4.01. The molecule has 0 radical (unpaired) electrons. The van der Waals surface area contributed by atoms with Gasteiger partial charge in [0.05, 0.1) is 25.3 Å². The summed E-state index contributed by atoms with van der Waals surface area (Å²) < 4.78 is 18.2. The van der Waals surface area contributed by atoms with Crippen molar-refractivity contribution in [1.29, 1.82) is 0 Å². The number of hydrogen-bond donors (Lipinski definition) is 0. The average Bonchev–Trinajstić information content (AvgIpc) is 3.01. The van der Waals surface area contributed by atoms with Crippen LogP contribution in [0.25, 0.3) is 0 Å². The molecule has 4 atom stereocenters. The fourth-order valence-electron chi connectivity index (χ4n) is 4.01. The normalized spacial score (nSPS) is 35.2. The Morgan fingerprint density at radius 2 is 2.04 bits per heavy atom. The quantitative estimate of drug-likeness (QED) is 0.856. The topological polar surface area (TPSA) is 48.0 Å². The van der Waals surface area contributed by atoms with Crippen molar-refractivity contribution in [3.8, 4) is 0 Å². The number of carbonyl (C=O) groups is 1. The van der Waals surface area contributed by atoms with E-state index in [0.29, 0.717) is 19.6 Å². The van der Waals surface area contributed by atoms with E-state index in [9.17, 15) is 4.79 Å². The molecule has 4 rings (SSSR count).